The minimum Gasteiger partial charge on any atom is -0.309 e. The van der Waals surface area contributed by atoms with E-state index in [4.69, 9.17) is 11.6 Å². The molecule has 2 aromatic rings. The largest absolute Gasteiger partial charge is 0.419 e. The molecule has 4 nitrogen and oxygen atoms in total. The maximum Gasteiger partial charge on any atom is 0.419 e. The number of hydrogen-bond donors (Lipinski definition) is 1. The Kier molecular flexibility index (Phi) is 2.57. The van der Waals surface area contributed by atoms with E-state index in [-0.39, 0.29) is 16.9 Å². The summed E-state index contributed by atoms with van der Waals surface area (Å²) < 4.78 is 37.6. The molecule has 0 aliphatic carbocycles. The van der Waals surface area contributed by atoms with Gasteiger partial charge in [-0.3, -0.25) is 4.79 Å². The molecule has 2 rings (SSSR count). The number of nitrogens with one attached hydrogen (secondary N) is 1. The minimum absolute atomic E-state index is 0.136. The standard InChI is InChI=1S/C9H5ClF3N3O/c1-3-14-5-2-4(9(11,12)13)7(10)16-6(5)8(17)15-3/h2H,1H3,(H,14,15,17). The van der Waals surface area contributed by atoms with Crippen molar-refractivity contribution in [1.82, 2.24) is 15.0 Å². The molecule has 0 unspecified atom stereocenters. The molecule has 0 aromatic carbocycles. The van der Waals surface area contributed by atoms with Crippen LogP contribution in [0.5, 0.6) is 0 Å². The van der Waals surface area contributed by atoms with E-state index in [1.807, 2.05) is 0 Å². The molecule has 0 saturated carbocycles. The predicted molar refractivity (Wildman–Crippen MR) is 54.9 cm³/mol. The fourth-order valence-corrected chi connectivity index (χ4v) is 1.61. The zero-order valence-corrected chi connectivity index (χ0v) is 9.15. The van der Waals surface area contributed by atoms with Crippen LogP contribution in [0.25, 0.3) is 11.0 Å². The van der Waals surface area contributed by atoms with Crippen molar-refractivity contribution in [2.45, 2.75) is 13.1 Å². The van der Waals surface area contributed by atoms with Gasteiger partial charge in [-0.15, -0.1) is 0 Å². The van der Waals surface area contributed by atoms with Crippen molar-refractivity contribution in [2.75, 3.05) is 0 Å². The minimum atomic E-state index is -4.63. The highest BCUT2D eigenvalue weighted by molar-refractivity contribution is 6.30. The number of alkyl halides is 3. The van der Waals surface area contributed by atoms with Gasteiger partial charge in [-0.05, 0) is 13.0 Å². The van der Waals surface area contributed by atoms with Gasteiger partial charge in [0.2, 0.25) is 0 Å². The predicted octanol–water partition coefficient (Wildman–Crippen LogP) is 2.30. The van der Waals surface area contributed by atoms with Gasteiger partial charge in [0.15, 0.2) is 5.52 Å². The molecular weight excluding hydrogens is 259 g/mol. The number of pyridine rings is 1. The van der Waals surface area contributed by atoms with Gasteiger partial charge >= 0.3 is 6.18 Å². The lowest BCUT2D eigenvalue weighted by molar-refractivity contribution is -0.137. The first kappa shape index (κ1) is 11.8. The molecule has 1 N–H and O–H groups in total. The highest BCUT2D eigenvalue weighted by Crippen LogP contribution is 2.34. The average Bonchev–Trinajstić information content (AvgIpc) is 2.16. The Morgan fingerprint density at radius 3 is 2.59 bits per heavy atom. The van der Waals surface area contributed by atoms with Crippen LogP contribution in [0.4, 0.5) is 13.2 Å². The lowest BCUT2D eigenvalue weighted by atomic mass is 10.2. The summed E-state index contributed by atoms with van der Waals surface area (Å²) in [7, 11) is 0. The summed E-state index contributed by atoms with van der Waals surface area (Å²) in [6.45, 7) is 1.46. The molecular formula is C9H5ClF3N3O. The molecule has 0 fully saturated rings. The van der Waals surface area contributed by atoms with Crippen LogP contribution >= 0.6 is 11.6 Å². The molecule has 0 radical (unpaired) electrons. The molecule has 8 heteroatoms. The van der Waals surface area contributed by atoms with Crippen LogP contribution in [0, 0.1) is 6.92 Å². The van der Waals surface area contributed by atoms with E-state index in [9.17, 15) is 18.0 Å². The van der Waals surface area contributed by atoms with E-state index in [0.29, 0.717) is 6.07 Å². The van der Waals surface area contributed by atoms with Crippen molar-refractivity contribution in [3.63, 3.8) is 0 Å². The molecule has 0 aliphatic rings. The van der Waals surface area contributed by atoms with E-state index in [0.717, 1.165) is 0 Å². The zero-order valence-electron chi connectivity index (χ0n) is 8.39. The second kappa shape index (κ2) is 3.69. The van der Waals surface area contributed by atoms with Crippen LogP contribution in [0.1, 0.15) is 11.4 Å². The Balaban J connectivity index is 2.86. The number of aryl methyl sites for hydroxylation is 1. The Morgan fingerprint density at radius 2 is 2.00 bits per heavy atom. The first-order valence-corrected chi connectivity index (χ1v) is 4.81. The van der Waals surface area contributed by atoms with Gasteiger partial charge in [0.1, 0.15) is 11.0 Å². The quantitative estimate of drug-likeness (QED) is 0.742. The molecule has 0 aliphatic heterocycles. The molecule has 0 spiro atoms. The highest BCUT2D eigenvalue weighted by Gasteiger charge is 2.34. The summed E-state index contributed by atoms with van der Waals surface area (Å²) in [6.07, 6.45) is -4.63. The summed E-state index contributed by atoms with van der Waals surface area (Å²) in [5.74, 6) is 0.208. The van der Waals surface area contributed by atoms with Crippen molar-refractivity contribution in [3.8, 4) is 0 Å². The number of rotatable bonds is 0. The fourth-order valence-electron chi connectivity index (χ4n) is 1.36. The second-order valence-corrected chi connectivity index (χ2v) is 3.70. The topological polar surface area (TPSA) is 58.6 Å². The van der Waals surface area contributed by atoms with Crippen LogP contribution in [-0.4, -0.2) is 15.0 Å². The number of nitrogens with zero attached hydrogens (tertiary/aromatic N) is 2. The molecule has 2 aromatic heterocycles. The van der Waals surface area contributed by atoms with Crippen LogP contribution in [0.3, 0.4) is 0 Å². The van der Waals surface area contributed by atoms with E-state index < -0.39 is 22.5 Å². The van der Waals surface area contributed by atoms with Crippen LogP contribution < -0.4 is 5.56 Å². The van der Waals surface area contributed by atoms with Gasteiger partial charge in [0.25, 0.3) is 5.56 Å². The van der Waals surface area contributed by atoms with Gasteiger partial charge in [-0.2, -0.15) is 13.2 Å². The first-order chi connectivity index (χ1) is 7.79. The maximum atomic E-state index is 12.5. The van der Waals surface area contributed by atoms with E-state index in [1.54, 1.807) is 0 Å². The highest BCUT2D eigenvalue weighted by atomic mass is 35.5. The molecule has 0 saturated heterocycles. The van der Waals surface area contributed by atoms with E-state index in [1.165, 1.54) is 6.92 Å². The van der Waals surface area contributed by atoms with Crippen molar-refractivity contribution >= 4 is 22.6 Å². The third-order valence-corrected chi connectivity index (χ3v) is 2.35. The number of aromatic amines is 1. The molecule has 90 valence electrons. The van der Waals surface area contributed by atoms with E-state index in [2.05, 4.69) is 15.0 Å². The van der Waals surface area contributed by atoms with Crippen molar-refractivity contribution in [1.29, 1.82) is 0 Å². The van der Waals surface area contributed by atoms with Gasteiger partial charge in [-0.25, -0.2) is 9.97 Å². The maximum absolute atomic E-state index is 12.5. The van der Waals surface area contributed by atoms with E-state index >= 15 is 0 Å². The lowest BCUT2D eigenvalue weighted by Crippen LogP contribution is -2.14. The van der Waals surface area contributed by atoms with Gasteiger partial charge in [-0.1, -0.05) is 11.6 Å². The molecule has 17 heavy (non-hydrogen) atoms. The lowest BCUT2D eigenvalue weighted by Gasteiger charge is -2.08. The van der Waals surface area contributed by atoms with Crippen molar-refractivity contribution in [2.24, 2.45) is 0 Å². The summed E-state index contributed by atoms with van der Waals surface area (Å²) in [6, 6.07) is 0.715. The zero-order chi connectivity index (χ0) is 12.8. The van der Waals surface area contributed by atoms with Gasteiger partial charge in [0.05, 0.1) is 11.1 Å². The summed E-state index contributed by atoms with van der Waals surface area (Å²) in [5, 5.41) is -0.763. The summed E-state index contributed by atoms with van der Waals surface area (Å²) in [5.41, 5.74) is -2.08. The number of H-pyrrole nitrogens is 1. The third-order valence-electron chi connectivity index (χ3n) is 2.06. The summed E-state index contributed by atoms with van der Waals surface area (Å²) in [4.78, 5) is 20.9. The average molecular weight is 264 g/mol. The Bertz CT molecular complexity index is 650. The van der Waals surface area contributed by atoms with Gasteiger partial charge in [0, 0.05) is 0 Å². The molecule has 2 heterocycles. The molecule has 0 bridgehead atoms. The monoisotopic (exact) mass is 263 g/mol. The number of hydrogen-bond acceptors (Lipinski definition) is 3. The fraction of sp³-hybridized carbons (Fsp3) is 0.222. The number of aromatic nitrogens is 3. The second-order valence-electron chi connectivity index (χ2n) is 3.34. The van der Waals surface area contributed by atoms with Gasteiger partial charge < -0.3 is 4.98 Å². The number of fused-ring (bicyclic) bond motifs is 1. The molecule has 0 amide bonds. The summed E-state index contributed by atoms with van der Waals surface area (Å²) >= 11 is 5.39. The SMILES string of the molecule is Cc1nc2cc(C(F)(F)F)c(Cl)nc2c(=O)[nH]1. The smallest absolute Gasteiger partial charge is 0.309 e. The number of halogens is 4. The van der Waals surface area contributed by atoms with Crippen LogP contribution in [0.15, 0.2) is 10.9 Å². The van der Waals surface area contributed by atoms with Crippen molar-refractivity contribution in [3.05, 3.63) is 33.0 Å². The van der Waals surface area contributed by atoms with Crippen LogP contribution in [-0.2, 0) is 6.18 Å². The third kappa shape index (κ3) is 2.10. The first-order valence-electron chi connectivity index (χ1n) is 4.43. The molecule has 0 atom stereocenters. The Morgan fingerprint density at radius 1 is 1.35 bits per heavy atom. The Hall–Kier alpha value is -1.63. The Labute approximate surface area is 97.5 Å². The normalized spacial score (nSPS) is 12.1. The van der Waals surface area contributed by atoms with Crippen molar-refractivity contribution < 1.29 is 13.2 Å². The van der Waals surface area contributed by atoms with Crippen LogP contribution in [0.2, 0.25) is 5.15 Å².